The van der Waals surface area contributed by atoms with Crippen LogP contribution in [0, 0.1) is 0 Å². The molecule has 0 aliphatic heterocycles. The van der Waals surface area contributed by atoms with Crippen molar-refractivity contribution >= 4 is 0 Å². The first-order chi connectivity index (χ1) is 6.68. The van der Waals surface area contributed by atoms with Gasteiger partial charge in [-0.25, -0.2) is 0 Å². The fraction of sp³-hybridized carbons (Fsp3) is 1.00. The van der Waals surface area contributed by atoms with Gasteiger partial charge in [-0.2, -0.15) is 0 Å². The van der Waals surface area contributed by atoms with Crippen LogP contribution in [0.3, 0.4) is 0 Å². The second kappa shape index (κ2) is 5.72. The lowest BCUT2D eigenvalue weighted by atomic mass is 9.90. The van der Waals surface area contributed by atoms with Crippen molar-refractivity contribution in [3.8, 4) is 0 Å². The van der Waals surface area contributed by atoms with E-state index in [9.17, 15) is 0 Å². The molecule has 1 rings (SSSR count). The van der Waals surface area contributed by atoms with E-state index in [4.69, 9.17) is 10.5 Å². The molecular weight excluding hydrogens is 174 g/mol. The van der Waals surface area contributed by atoms with E-state index in [-0.39, 0.29) is 5.60 Å². The minimum Gasteiger partial charge on any atom is -0.372 e. The van der Waals surface area contributed by atoms with Gasteiger partial charge < -0.3 is 10.5 Å². The molecule has 0 radical (unpaired) electrons. The number of rotatable bonds is 4. The van der Waals surface area contributed by atoms with Gasteiger partial charge in [-0.1, -0.05) is 25.7 Å². The van der Waals surface area contributed by atoms with Gasteiger partial charge in [0.25, 0.3) is 0 Å². The van der Waals surface area contributed by atoms with Crippen LogP contribution in [0.15, 0.2) is 0 Å². The van der Waals surface area contributed by atoms with Gasteiger partial charge in [-0.05, 0) is 39.7 Å². The SMILES string of the molecule is CC(C)OC1(CCN)CCCCCC1. The molecule has 0 aromatic carbocycles. The number of ether oxygens (including phenoxy) is 1. The van der Waals surface area contributed by atoms with Crippen molar-refractivity contribution < 1.29 is 4.74 Å². The summed E-state index contributed by atoms with van der Waals surface area (Å²) in [6.45, 7) is 5.01. The van der Waals surface area contributed by atoms with Crippen molar-refractivity contribution in [3.63, 3.8) is 0 Å². The van der Waals surface area contributed by atoms with E-state index < -0.39 is 0 Å². The highest BCUT2D eigenvalue weighted by Gasteiger charge is 2.31. The predicted molar refractivity (Wildman–Crippen MR) is 60.3 cm³/mol. The molecule has 0 aromatic heterocycles. The summed E-state index contributed by atoms with van der Waals surface area (Å²) in [5.41, 5.74) is 5.80. The lowest BCUT2D eigenvalue weighted by Crippen LogP contribution is -2.37. The number of nitrogens with two attached hydrogens (primary N) is 1. The van der Waals surface area contributed by atoms with Crippen LogP contribution in [0.1, 0.15) is 58.8 Å². The van der Waals surface area contributed by atoms with Crippen molar-refractivity contribution in [2.45, 2.75) is 70.5 Å². The molecule has 0 bridgehead atoms. The van der Waals surface area contributed by atoms with E-state index in [0.717, 1.165) is 13.0 Å². The minimum atomic E-state index is 0.111. The summed E-state index contributed by atoms with van der Waals surface area (Å²) in [7, 11) is 0. The lowest BCUT2D eigenvalue weighted by Gasteiger charge is -2.34. The molecule has 1 fully saturated rings. The van der Waals surface area contributed by atoms with Gasteiger partial charge in [-0.15, -0.1) is 0 Å². The Morgan fingerprint density at radius 1 is 1.14 bits per heavy atom. The second-order valence-electron chi connectivity index (χ2n) is 4.80. The Morgan fingerprint density at radius 2 is 1.71 bits per heavy atom. The second-order valence-corrected chi connectivity index (χ2v) is 4.80. The third kappa shape index (κ3) is 3.58. The van der Waals surface area contributed by atoms with Crippen LogP contribution in [0.2, 0.25) is 0 Å². The molecule has 1 saturated carbocycles. The van der Waals surface area contributed by atoms with Crippen LogP contribution in [-0.4, -0.2) is 18.2 Å². The molecule has 1 aliphatic rings. The Hall–Kier alpha value is -0.0800. The molecule has 0 unspecified atom stereocenters. The highest BCUT2D eigenvalue weighted by molar-refractivity contribution is 4.84. The first-order valence-corrected chi connectivity index (χ1v) is 6.06. The predicted octanol–water partition coefficient (Wildman–Crippen LogP) is 2.85. The van der Waals surface area contributed by atoms with Crippen molar-refractivity contribution in [2.75, 3.05) is 6.54 Å². The molecular formula is C12H25NO. The van der Waals surface area contributed by atoms with E-state index >= 15 is 0 Å². The Bertz CT molecular complexity index is 148. The van der Waals surface area contributed by atoms with Crippen LogP contribution in [-0.2, 0) is 4.74 Å². The summed E-state index contributed by atoms with van der Waals surface area (Å²) in [5, 5.41) is 0. The summed E-state index contributed by atoms with van der Waals surface area (Å²) in [5.74, 6) is 0. The zero-order valence-corrected chi connectivity index (χ0v) is 9.72. The minimum absolute atomic E-state index is 0.111. The third-order valence-electron chi connectivity index (χ3n) is 3.10. The lowest BCUT2D eigenvalue weighted by molar-refractivity contribution is -0.0928. The smallest absolute Gasteiger partial charge is 0.0698 e. The van der Waals surface area contributed by atoms with Crippen molar-refractivity contribution in [3.05, 3.63) is 0 Å². The Morgan fingerprint density at radius 3 is 2.14 bits per heavy atom. The first-order valence-electron chi connectivity index (χ1n) is 6.06. The molecule has 0 amide bonds. The maximum absolute atomic E-state index is 6.12. The zero-order valence-electron chi connectivity index (χ0n) is 9.72. The molecule has 0 heterocycles. The summed E-state index contributed by atoms with van der Waals surface area (Å²) >= 11 is 0. The summed E-state index contributed by atoms with van der Waals surface area (Å²) in [6.07, 6.45) is 9.15. The van der Waals surface area contributed by atoms with Gasteiger partial charge in [0.05, 0.1) is 11.7 Å². The molecule has 0 saturated heterocycles. The van der Waals surface area contributed by atoms with Gasteiger partial charge in [0.1, 0.15) is 0 Å². The van der Waals surface area contributed by atoms with E-state index in [1.165, 1.54) is 38.5 Å². The van der Waals surface area contributed by atoms with Crippen molar-refractivity contribution in [1.29, 1.82) is 0 Å². The monoisotopic (exact) mass is 199 g/mol. The normalized spacial score (nSPS) is 22.3. The van der Waals surface area contributed by atoms with Crippen LogP contribution in [0.4, 0.5) is 0 Å². The largest absolute Gasteiger partial charge is 0.372 e. The van der Waals surface area contributed by atoms with Crippen molar-refractivity contribution in [1.82, 2.24) is 0 Å². The molecule has 14 heavy (non-hydrogen) atoms. The van der Waals surface area contributed by atoms with Gasteiger partial charge in [0.15, 0.2) is 0 Å². The molecule has 0 aromatic rings. The third-order valence-corrected chi connectivity index (χ3v) is 3.10. The standard InChI is InChI=1S/C12H25NO/c1-11(2)14-12(9-10-13)7-5-3-4-6-8-12/h11H,3-10,13H2,1-2H3. The molecule has 2 heteroatoms. The molecule has 2 nitrogen and oxygen atoms in total. The summed E-state index contributed by atoms with van der Waals surface area (Å²) in [6, 6.07) is 0. The Balaban J connectivity index is 2.57. The van der Waals surface area contributed by atoms with E-state index in [2.05, 4.69) is 13.8 Å². The van der Waals surface area contributed by atoms with Crippen LogP contribution < -0.4 is 5.73 Å². The van der Waals surface area contributed by atoms with Crippen molar-refractivity contribution in [2.24, 2.45) is 5.73 Å². The molecule has 84 valence electrons. The molecule has 2 N–H and O–H groups in total. The quantitative estimate of drug-likeness (QED) is 0.707. The van der Waals surface area contributed by atoms with E-state index in [1.54, 1.807) is 0 Å². The first kappa shape index (κ1) is 12.0. The van der Waals surface area contributed by atoms with Crippen LogP contribution >= 0.6 is 0 Å². The zero-order chi connectivity index (χ0) is 10.4. The Labute approximate surface area is 88.2 Å². The number of hydrogen-bond acceptors (Lipinski definition) is 2. The molecule has 0 spiro atoms. The van der Waals surface area contributed by atoms with Gasteiger partial charge >= 0.3 is 0 Å². The maximum Gasteiger partial charge on any atom is 0.0698 e. The highest BCUT2D eigenvalue weighted by Crippen LogP contribution is 2.33. The van der Waals surface area contributed by atoms with Gasteiger partial charge in [0.2, 0.25) is 0 Å². The Kier molecular flexibility index (Phi) is 4.90. The van der Waals surface area contributed by atoms with Crippen LogP contribution in [0.25, 0.3) is 0 Å². The fourth-order valence-corrected chi connectivity index (χ4v) is 2.56. The average molecular weight is 199 g/mol. The maximum atomic E-state index is 6.12. The topological polar surface area (TPSA) is 35.2 Å². The van der Waals surface area contributed by atoms with Crippen LogP contribution in [0.5, 0.6) is 0 Å². The van der Waals surface area contributed by atoms with Gasteiger partial charge in [0, 0.05) is 0 Å². The summed E-state index contributed by atoms with van der Waals surface area (Å²) < 4.78 is 6.12. The average Bonchev–Trinajstić information content (AvgIpc) is 2.30. The molecule has 1 aliphatic carbocycles. The van der Waals surface area contributed by atoms with E-state index in [0.29, 0.717) is 6.10 Å². The van der Waals surface area contributed by atoms with E-state index in [1.807, 2.05) is 0 Å². The highest BCUT2D eigenvalue weighted by atomic mass is 16.5. The van der Waals surface area contributed by atoms with Gasteiger partial charge in [-0.3, -0.25) is 0 Å². The summed E-state index contributed by atoms with van der Waals surface area (Å²) in [4.78, 5) is 0. The fourth-order valence-electron chi connectivity index (χ4n) is 2.56. The molecule has 0 atom stereocenters. The number of hydrogen-bond donors (Lipinski definition) is 1.